The summed E-state index contributed by atoms with van der Waals surface area (Å²) in [6.07, 6.45) is 2.63. The number of fused-ring (bicyclic) bond motifs is 1. The molecule has 1 aliphatic rings. The molecule has 6 N–H and O–H groups in total. The summed E-state index contributed by atoms with van der Waals surface area (Å²) >= 11 is 12.7. The quantitative estimate of drug-likeness (QED) is 0.463. The van der Waals surface area contributed by atoms with Gasteiger partial charge in [0.2, 0.25) is 5.95 Å². The van der Waals surface area contributed by atoms with E-state index in [0.717, 1.165) is 32.4 Å². The Morgan fingerprint density at radius 2 is 2.00 bits per heavy atom. The van der Waals surface area contributed by atoms with Gasteiger partial charge in [-0.1, -0.05) is 29.3 Å². The molecule has 0 spiro atoms. The molecule has 164 valence electrons. The smallest absolute Gasteiger partial charge is 0.263 e. The molecule has 0 bridgehead atoms. The van der Waals surface area contributed by atoms with E-state index in [1.807, 2.05) is 6.92 Å². The van der Waals surface area contributed by atoms with Gasteiger partial charge in [0.25, 0.3) is 5.56 Å². The lowest BCUT2D eigenvalue weighted by atomic mass is 10.1. The first-order valence-electron chi connectivity index (χ1n) is 10.1. The maximum Gasteiger partial charge on any atom is 0.263 e. The van der Waals surface area contributed by atoms with Crippen molar-refractivity contribution in [2.45, 2.75) is 38.3 Å². The standard InChI is InChI=1S/C20H24Cl2N8O/c1-10(26-17-15(22)16(23)28-20(24)29-17)18-27-13-6-2-5-12(21)14(13)19(31)30(18)11-4-3-8-25-9-7-11/h2,5-6,10-11,25H,3-4,7-9H2,1H3,(H5,23,24,26,28,29)/t10-,11?/m0/s1. The summed E-state index contributed by atoms with van der Waals surface area (Å²) < 4.78 is 1.76. The van der Waals surface area contributed by atoms with Crippen molar-refractivity contribution in [1.29, 1.82) is 0 Å². The highest BCUT2D eigenvalue weighted by molar-refractivity contribution is 6.35. The van der Waals surface area contributed by atoms with Crippen molar-refractivity contribution in [2.24, 2.45) is 0 Å². The monoisotopic (exact) mass is 462 g/mol. The van der Waals surface area contributed by atoms with E-state index in [1.165, 1.54) is 0 Å². The molecule has 0 saturated carbocycles. The van der Waals surface area contributed by atoms with E-state index in [-0.39, 0.29) is 34.2 Å². The van der Waals surface area contributed by atoms with Gasteiger partial charge in [-0.3, -0.25) is 9.36 Å². The molecular formula is C20H24Cl2N8O. The Morgan fingerprint density at radius 1 is 1.19 bits per heavy atom. The van der Waals surface area contributed by atoms with Gasteiger partial charge in [-0.25, -0.2) is 4.98 Å². The van der Waals surface area contributed by atoms with Gasteiger partial charge in [0.15, 0.2) is 5.82 Å². The predicted molar refractivity (Wildman–Crippen MR) is 125 cm³/mol. The van der Waals surface area contributed by atoms with Gasteiger partial charge >= 0.3 is 0 Å². The molecule has 0 radical (unpaired) electrons. The normalized spacial score (nSPS) is 18.0. The van der Waals surface area contributed by atoms with Gasteiger partial charge in [0, 0.05) is 6.04 Å². The van der Waals surface area contributed by atoms with Crippen molar-refractivity contribution in [3.63, 3.8) is 0 Å². The van der Waals surface area contributed by atoms with Crippen LogP contribution in [0.3, 0.4) is 0 Å². The van der Waals surface area contributed by atoms with E-state index in [4.69, 9.17) is 39.7 Å². The molecule has 1 aromatic carbocycles. The van der Waals surface area contributed by atoms with Gasteiger partial charge in [0.05, 0.1) is 22.0 Å². The zero-order valence-electron chi connectivity index (χ0n) is 17.0. The van der Waals surface area contributed by atoms with E-state index in [1.54, 1.807) is 22.8 Å². The van der Waals surface area contributed by atoms with Crippen LogP contribution in [-0.4, -0.2) is 32.6 Å². The first-order chi connectivity index (χ1) is 14.9. The number of hydrogen-bond acceptors (Lipinski definition) is 8. The number of nitrogens with two attached hydrogens (primary N) is 2. The third-order valence-electron chi connectivity index (χ3n) is 5.45. The number of aromatic nitrogens is 4. The predicted octanol–water partition coefficient (Wildman–Crippen LogP) is 3.15. The van der Waals surface area contributed by atoms with E-state index < -0.39 is 6.04 Å². The van der Waals surface area contributed by atoms with E-state index in [9.17, 15) is 4.79 Å². The third-order valence-corrected chi connectivity index (χ3v) is 6.14. The van der Waals surface area contributed by atoms with Crippen LogP contribution in [0.5, 0.6) is 0 Å². The number of nitrogen functional groups attached to an aromatic ring is 2. The molecule has 9 nitrogen and oxygen atoms in total. The molecule has 3 heterocycles. The van der Waals surface area contributed by atoms with Crippen molar-refractivity contribution < 1.29 is 0 Å². The van der Waals surface area contributed by atoms with Crippen LogP contribution in [0.4, 0.5) is 17.6 Å². The SMILES string of the molecule is C[C@H](Nc1nc(N)nc(N)c1Cl)c1nc2cccc(Cl)c2c(=O)n1C1CCCNCC1. The zero-order chi connectivity index (χ0) is 22.1. The lowest BCUT2D eigenvalue weighted by Gasteiger charge is -2.26. The molecule has 11 heteroatoms. The minimum Gasteiger partial charge on any atom is -0.382 e. The van der Waals surface area contributed by atoms with Crippen LogP contribution >= 0.6 is 23.2 Å². The second-order valence-corrected chi connectivity index (χ2v) is 8.39. The van der Waals surface area contributed by atoms with Crippen molar-refractivity contribution in [1.82, 2.24) is 24.8 Å². The van der Waals surface area contributed by atoms with Crippen LogP contribution in [0, 0.1) is 0 Å². The molecule has 3 aromatic rings. The molecule has 0 aliphatic carbocycles. The number of nitrogens with zero attached hydrogens (tertiary/aromatic N) is 4. The number of halogens is 2. The van der Waals surface area contributed by atoms with Gasteiger partial charge < -0.3 is 22.1 Å². The molecule has 1 aliphatic heterocycles. The second kappa shape index (κ2) is 8.86. The zero-order valence-corrected chi connectivity index (χ0v) is 18.5. The van der Waals surface area contributed by atoms with E-state index in [2.05, 4.69) is 20.6 Å². The third kappa shape index (κ3) is 4.26. The number of hydrogen-bond donors (Lipinski definition) is 4. The fraction of sp³-hybridized carbons (Fsp3) is 0.400. The molecular weight excluding hydrogens is 439 g/mol. The summed E-state index contributed by atoms with van der Waals surface area (Å²) in [5.74, 6) is 0.934. The van der Waals surface area contributed by atoms with Crippen LogP contribution in [0.1, 0.15) is 44.1 Å². The van der Waals surface area contributed by atoms with Crippen molar-refractivity contribution in [2.75, 3.05) is 29.9 Å². The first kappa shape index (κ1) is 21.6. The lowest BCUT2D eigenvalue weighted by molar-refractivity contribution is 0.417. The second-order valence-electron chi connectivity index (χ2n) is 7.61. The Kier molecular flexibility index (Phi) is 6.17. The summed E-state index contributed by atoms with van der Waals surface area (Å²) in [6, 6.07) is 4.84. The minimum atomic E-state index is -0.418. The van der Waals surface area contributed by atoms with Crippen molar-refractivity contribution in [3.8, 4) is 0 Å². The van der Waals surface area contributed by atoms with Gasteiger partial charge in [-0.2, -0.15) is 9.97 Å². The highest BCUT2D eigenvalue weighted by atomic mass is 35.5. The minimum absolute atomic E-state index is 0.00193. The summed E-state index contributed by atoms with van der Waals surface area (Å²) in [6.45, 7) is 3.63. The Balaban J connectivity index is 1.85. The molecule has 4 rings (SSSR count). The number of rotatable bonds is 4. The Labute approximate surface area is 189 Å². The van der Waals surface area contributed by atoms with Crippen LogP contribution in [-0.2, 0) is 0 Å². The van der Waals surface area contributed by atoms with Crippen molar-refractivity contribution >= 4 is 51.7 Å². The molecule has 1 unspecified atom stereocenters. The van der Waals surface area contributed by atoms with Crippen LogP contribution in [0.2, 0.25) is 10.0 Å². The van der Waals surface area contributed by atoms with Gasteiger partial charge in [0.1, 0.15) is 16.7 Å². The highest BCUT2D eigenvalue weighted by Crippen LogP contribution is 2.31. The van der Waals surface area contributed by atoms with Gasteiger partial charge in [-0.05, 0) is 51.4 Å². The van der Waals surface area contributed by atoms with Crippen LogP contribution in [0.15, 0.2) is 23.0 Å². The molecule has 0 amide bonds. The first-order valence-corrected chi connectivity index (χ1v) is 10.9. The summed E-state index contributed by atoms with van der Waals surface area (Å²) in [7, 11) is 0. The molecule has 1 saturated heterocycles. The largest absolute Gasteiger partial charge is 0.382 e. The molecule has 2 aromatic heterocycles. The number of nitrogens with one attached hydrogen (secondary N) is 2. The van der Waals surface area contributed by atoms with Crippen molar-refractivity contribution in [3.05, 3.63) is 44.4 Å². The maximum absolute atomic E-state index is 13.6. The Morgan fingerprint density at radius 3 is 2.81 bits per heavy atom. The number of anilines is 3. The average Bonchev–Trinajstić information content (AvgIpc) is 3.00. The Hall–Kier alpha value is -2.62. The summed E-state index contributed by atoms with van der Waals surface area (Å²) in [5.41, 5.74) is 11.9. The summed E-state index contributed by atoms with van der Waals surface area (Å²) in [5, 5.41) is 7.56. The molecule has 2 atom stereocenters. The topological polar surface area (TPSA) is 137 Å². The highest BCUT2D eigenvalue weighted by Gasteiger charge is 2.25. The lowest BCUT2D eigenvalue weighted by Crippen LogP contribution is -2.32. The average molecular weight is 463 g/mol. The Bertz CT molecular complexity index is 1170. The fourth-order valence-electron chi connectivity index (χ4n) is 3.98. The van der Waals surface area contributed by atoms with E-state index >= 15 is 0 Å². The van der Waals surface area contributed by atoms with E-state index in [0.29, 0.717) is 21.7 Å². The fourth-order valence-corrected chi connectivity index (χ4v) is 4.37. The summed E-state index contributed by atoms with van der Waals surface area (Å²) in [4.78, 5) is 26.4. The maximum atomic E-state index is 13.6. The van der Waals surface area contributed by atoms with Gasteiger partial charge in [-0.15, -0.1) is 0 Å². The molecule has 31 heavy (non-hydrogen) atoms. The van der Waals surface area contributed by atoms with Crippen LogP contribution in [0.25, 0.3) is 10.9 Å². The van der Waals surface area contributed by atoms with Crippen LogP contribution < -0.4 is 27.7 Å². The molecule has 1 fully saturated rings. The number of benzene rings is 1.